The highest BCUT2D eigenvalue weighted by Gasteiger charge is 2.37. The second kappa shape index (κ2) is 5.91. The summed E-state index contributed by atoms with van der Waals surface area (Å²) in [5.41, 5.74) is 6.30. The van der Waals surface area contributed by atoms with Gasteiger partial charge in [0, 0.05) is 18.4 Å². The fourth-order valence-electron chi connectivity index (χ4n) is 3.15. The number of furan rings is 2. The molecule has 0 aromatic carbocycles. The summed E-state index contributed by atoms with van der Waals surface area (Å²) in [4.78, 5) is 35.8. The van der Waals surface area contributed by atoms with Crippen LogP contribution in [0.25, 0.3) is 0 Å². The molecule has 1 aliphatic rings. The molecule has 2 heterocycles. The zero-order chi connectivity index (χ0) is 18.4. The standard InChI is InChI=1S/C18H20N2O5/c1-9-14-12(21)5-18(2,3)6-13(14)25-15(9)17(23)20-7-11-4-10(8-24-11)16(19)22/h4,8H,5-7H2,1-3H3,(H2,19,22)(H,20,23). The number of carbonyl (C=O) groups excluding carboxylic acids is 3. The quantitative estimate of drug-likeness (QED) is 0.883. The highest BCUT2D eigenvalue weighted by atomic mass is 16.4. The molecule has 0 unspecified atom stereocenters. The molecule has 3 N–H and O–H groups in total. The summed E-state index contributed by atoms with van der Waals surface area (Å²) >= 11 is 0. The Morgan fingerprint density at radius 1 is 1.32 bits per heavy atom. The SMILES string of the molecule is Cc1c(C(=O)NCc2cc(C(N)=O)co2)oc2c1C(=O)CC(C)(C)C2. The van der Waals surface area contributed by atoms with Crippen molar-refractivity contribution in [2.45, 2.75) is 40.2 Å². The topological polar surface area (TPSA) is 116 Å². The maximum Gasteiger partial charge on any atom is 0.287 e. The molecule has 25 heavy (non-hydrogen) atoms. The van der Waals surface area contributed by atoms with Gasteiger partial charge < -0.3 is 19.9 Å². The summed E-state index contributed by atoms with van der Waals surface area (Å²) in [7, 11) is 0. The average molecular weight is 344 g/mol. The lowest BCUT2D eigenvalue weighted by Crippen LogP contribution is -2.26. The number of hydrogen-bond donors (Lipinski definition) is 2. The Morgan fingerprint density at radius 2 is 2.04 bits per heavy atom. The molecule has 2 aromatic rings. The van der Waals surface area contributed by atoms with Gasteiger partial charge in [-0.1, -0.05) is 13.8 Å². The average Bonchev–Trinajstić information content (AvgIpc) is 3.08. The normalized spacial score (nSPS) is 15.7. The van der Waals surface area contributed by atoms with Gasteiger partial charge in [0.25, 0.3) is 11.8 Å². The molecule has 0 bridgehead atoms. The summed E-state index contributed by atoms with van der Waals surface area (Å²) in [5, 5.41) is 2.66. The molecule has 3 rings (SSSR count). The van der Waals surface area contributed by atoms with E-state index in [-0.39, 0.29) is 29.1 Å². The van der Waals surface area contributed by atoms with E-state index in [9.17, 15) is 14.4 Å². The number of Topliss-reactive ketones (excluding diaryl/α,β-unsaturated/α-hetero) is 1. The van der Waals surface area contributed by atoms with Crippen molar-refractivity contribution < 1.29 is 23.2 Å². The van der Waals surface area contributed by atoms with Gasteiger partial charge in [-0.3, -0.25) is 14.4 Å². The zero-order valence-electron chi connectivity index (χ0n) is 14.4. The third-order valence-corrected chi connectivity index (χ3v) is 4.34. The summed E-state index contributed by atoms with van der Waals surface area (Å²) in [6.45, 7) is 5.79. The van der Waals surface area contributed by atoms with E-state index in [2.05, 4.69) is 5.32 Å². The fourth-order valence-corrected chi connectivity index (χ4v) is 3.15. The number of amides is 2. The van der Waals surface area contributed by atoms with E-state index in [4.69, 9.17) is 14.6 Å². The first kappa shape index (κ1) is 17.0. The Labute approximate surface area is 144 Å². The number of fused-ring (bicyclic) bond motifs is 1. The van der Waals surface area contributed by atoms with E-state index in [1.165, 1.54) is 12.3 Å². The minimum Gasteiger partial charge on any atom is -0.467 e. The summed E-state index contributed by atoms with van der Waals surface area (Å²) in [6, 6.07) is 1.47. The van der Waals surface area contributed by atoms with Crippen LogP contribution in [-0.2, 0) is 13.0 Å². The zero-order valence-corrected chi connectivity index (χ0v) is 14.4. The molecule has 0 atom stereocenters. The van der Waals surface area contributed by atoms with Crippen molar-refractivity contribution in [3.63, 3.8) is 0 Å². The van der Waals surface area contributed by atoms with Gasteiger partial charge in [-0.15, -0.1) is 0 Å². The number of nitrogens with two attached hydrogens (primary N) is 1. The monoisotopic (exact) mass is 344 g/mol. The van der Waals surface area contributed by atoms with Crippen LogP contribution < -0.4 is 11.1 Å². The predicted molar refractivity (Wildman–Crippen MR) is 88.3 cm³/mol. The van der Waals surface area contributed by atoms with Gasteiger partial charge in [0.2, 0.25) is 0 Å². The van der Waals surface area contributed by atoms with Crippen LogP contribution in [0, 0.1) is 12.3 Å². The Kier molecular flexibility index (Phi) is 4.02. The highest BCUT2D eigenvalue weighted by molar-refractivity contribution is 6.03. The Morgan fingerprint density at radius 3 is 2.68 bits per heavy atom. The summed E-state index contributed by atoms with van der Waals surface area (Å²) < 4.78 is 10.9. The van der Waals surface area contributed by atoms with Crippen LogP contribution in [0.5, 0.6) is 0 Å². The van der Waals surface area contributed by atoms with E-state index < -0.39 is 11.8 Å². The fraction of sp³-hybridized carbons (Fsp3) is 0.389. The van der Waals surface area contributed by atoms with Crippen molar-refractivity contribution >= 4 is 17.6 Å². The molecular weight excluding hydrogens is 324 g/mol. The molecule has 2 aromatic heterocycles. The van der Waals surface area contributed by atoms with Gasteiger partial charge in [-0.05, 0) is 18.4 Å². The maximum atomic E-state index is 12.4. The van der Waals surface area contributed by atoms with Gasteiger partial charge in [-0.2, -0.15) is 0 Å². The van der Waals surface area contributed by atoms with Crippen LogP contribution in [-0.4, -0.2) is 17.6 Å². The number of carbonyl (C=O) groups is 3. The first-order chi connectivity index (χ1) is 11.7. The number of hydrogen-bond acceptors (Lipinski definition) is 5. The molecule has 0 saturated carbocycles. The minimum atomic E-state index is -0.600. The third-order valence-electron chi connectivity index (χ3n) is 4.34. The van der Waals surface area contributed by atoms with Crippen molar-refractivity contribution in [1.82, 2.24) is 5.32 Å². The molecule has 0 radical (unpaired) electrons. The van der Waals surface area contributed by atoms with Crippen molar-refractivity contribution in [2.24, 2.45) is 11.1 Å². The molecule has 0 aliphatic heterocycles. The van der Waals surface area contributed by atoms with Crippen molar-refractivity contribution in [2.75, 3.05) is 0 Å². The predicted octanol–water partition coefficient (Wildman–Crippen LogP) is 2.37. The largest absolute Gasteiger partial charge is 0.467 e. The van der Waals surface area contributed by atoms with Gasteiger partial charge >= 0.3 is 0 Å². The molecule has 0 saturated heterocycles. The second-order valence-electron chi connectivity index (χ2n) is 7.14. The van der Waals surface area contributed by atoms with E-state index in [1.54, 1.807) is 6.92 Å². The molecule has 7 nitrogen and oxygen atoms in total. The van der Waals surface area contributed by atoms with Crippen LogP contribution in [0.15, 0.2) is 21.2 Å². The lowest BCUT2D eigenvalue weighted by atomic mass is 9.76. The molecule has 0 spiro atoms. The molecule has 1 aliphatic carbocycles. The van der Waals surface area contributed by atoms with E-state index >= 15 is 0 Å². The lowest BCUT2D eigenvalue weighted by molar-refractivity contribution is 0.0887. The van der Waals surface area contributed by atoms with Gasteiger partial charge in [0.05, 0.1) is 17.7 Å². The van der Waals surface area contributed by atoms with Crippen LogP contribution in [0.4, 0.5) is 0 Å². The van der Waals surface area contributed by atoms with E-state index in [0.29, 0.717) is 35.5 Å². The summed E-state index contributed by atoms with van der Waals surface area (Å²) in [6.07, 6.45) is 2.29. The van der Waals surface area contributed by atoms with Crippen LogP contribution in [0.3, 0.4) is 0 Å². The summed E-state index contributed by atoms with van der Waals surface area (Å²) in [5.74, 6) is 0.0687. The van der Waals surface area contributed by atoms with Crippen molar-refractivity contribution in [3.8, 4) is 0 Å². The maximum absolute atomic E-state index is 12.4. The molecule has 0 fully saturated rings. The Balaban J connectivity index is 1.77. The second-order valence-corrected chi connectivity index (χ2v) is 7.14. The van der Waals surface area contributed by atoms with Gasteiger partial charge in [0.1, 0.15) is 17.8 Å². The molecule has 132 valence electrons. The van der Waals surface area contributed by atoms with Crippen molar-refractivity contribution in [3.05, 3.63) is 46.3 Å². The smallest absolute Gasteiger partial charge is 0.287 e. The highest BCUT2D eigenvalue weighted by Crippen LogP contribution is 2.38. The van der Waals surface area contributed by atoms with E-state index in [0.717, 1.165) is 0 Å². The van der Waals surface area contributed by atoms with Gasteiger partial charge in [0.15, 0.2) is 11.5 Å². The third kappa shape index (κ3) is 3.22. The molecule has 2 amide bonds. The van der Waals surface area contributed by atoms with Gasteiger partial charge in [-0.25, -0.2) is 0 Å². The number of primary amides is 1. The lowest BCUT2D eigenvalue weighted by Gasteiger charge is -2.27. The number of nitrogens with one attached hydrogen (secondary N) is 1. The van der Waals surface area contributed by atoms with Crippen molar-refractivity contribution in [1.29, 1.82) is 0 Å². The number of ketones is 1. The molecular formula is C18H20N2O5. The molecule has 7 heteroatoms. The first-order valence-corrected chi connectivity index (χ1v) is 7.99. The first-order valence-electron chi connectivity index (χ1n) is 7.99. The van der Waals surface area contributed by atoms with E-state index in [1.807, 2.05) is 13.8 Å². The minimum absolute atomic E-state index is 0.00341. The van der Waals surface area contributed by atoms with Crippen LogP contribution in [0.1, 0.15) is 68.6 Å². The Bertz CT molecular complexity index is 872. The van der Waals surface area contributed by atoms with Crippen LogP contribution >= 0.6 is 0 Å². The van der Waals surface area contributed by atoms with Crippen LogP contribution in [0.2, 0.25) is 0 Å². The number of rotatable bonds is 4. The Hall–Kier alpha value is -2.83.